The number of pyridine rings is 1. The zero-order chi connectivity index (χ0) is 14.4. The predicted molar refractivity (Wildman–Crippen MR) is 87.0 cm³/mol. The molecule has 0 aliphatic carbocycles. The van der Waals surface area contributed by atoms with Crippen molar-refractivity contribution in [3.05, 3.63) is 42.1 Å². The molecule has 0 spiro atoms. The van der Waals surface area contributed by atoms with E-state index in [0.29, 0.717) is 6.04 Å². The summed E-state index contributed by atoms with van der Waals surface area (Å²) in [5.41, 5.74) is 2.51. The Labute approximate surface area is 122 Å². The monoisotopic (exact) mass is 270 g/mol. The standard InChI is InChI=1S/C18H26N2/c1-4-14(3)12-16(19-5-2)13-15-10-11-20-18-9-7-6-8-17(15)18/h6-11,14,16,19H,4-5,12-13H2,1-3H3. The first-order valence-electron chi connectivity index (χ1n) is 7.80. The summed E-state index contributed by atoms with van der Waals surface area (Å²) < 4.78 is 0. The Kier molecular flexibility index (Phi) is 5.54. The molecule has 1 N–H and O–H groups in total. The summed E-state index contributed by atoms with van der Waals surface area (Å²) in [5.74, 6) is 0.771. The van der Waals surface area contributed by atoms with Crippen molar-refractivity contribution >= 4 is 10.9 Å². The van der Waals surface area contributed by atoms with E-state index in [0.717, 1.165) is 24.4 Å². The van der Waals surface area contributed by atoms with Gasteiger partial charge in [0.2, 0.25) is 0 Å². The van der Waals surface area contributed by atoms with Crippen molar-refractivity contribution in [2.45, 2.75) is 46.1 Å². The normalized spacial score (nSPS) is 14.3. The highest BCUT2D eigenvalue weighted by Crippen LogP contribution is 2.20. The molecule has 2 nitrogen and oxygen atoms in total. The van der Waals surface area contributed by atoms with Crippen LogP contribution in [-0.2, 0) is 6.42 Å². The van der Waals surface area contributed by atoms with Crippen LogP contribution in [0.1, 0.15) is 39.2 Å². The van der Waals surface area contributed by atoms with E-state index >= 15 is 0 Å². The molecule has 20 heavy (non-hydrogen) atoms. The van der Waals surface area contributed by atoms with Gasteiger partial charge in [-0.05, 0) is 43.0 Å². The van der Waals surface area contributed by atoms with Gasteiger partial charge in [-0.1, -0.05) is 45.4 Å². The lowest BCUT2D eigenvalue weighted by Crippen LogP contribution is -2.32. The molecule has 0 saturated carbocycles. The quantitative estimate of drug-likeness (QED) is 0.816. The number of hydrogen-bond donors (Lipinski definition) is 1. The van der Waals surface area contributed by atoms with Crippen molar-refractivity contribution < 1.29 is 0 Å². The number of aromatic nitrogens is 1. The van der Waals surface area contributed by atoms with Gasteiger partial charge < -0.3 is 5.32 Å². The predicted octanol–water partition coefficient (Wildman–Crippen LogP) is 4.19. The third-order valence-corrected chi connectivity index (χ3v) is 4.08. The third-order valence-electron chi connectivity index (χ3n) is 4.08. The van der Waals surface area contributed by atoms with Crippen LogP contribution in [0.4, 0.5) is 0 Å². The number of nitrogens with one attached hydrogen (secondary N) is 1. The summed E-state index contributed by atoms with van der Waals surface area (Å²) >= 11 is 0. The maximum absolute atomic E-state index is 4.45. The first-order valence-corrected chi connectivity index (χ1v) is 7.80. The molecule has 1 heterocycles. The van der Waals surface area contributed by atoms with Crippen LogP contribution >= 0.6 is 0 Å². The largest absolute Gasteiger partial charge is 0.314 e. The molecule has 0 bridgehead atoms. The van der Waals surface area contributed by atoms with Crippen LogP contribution in [0.5, 0.6) is 0 Å². The molecule has 0 radical (unpaired) electrons. The summed E-state index contributed by atoms with van der Waals surface area (Å²) in [5, 5.41) is 4.93. The summed E-state index contributed by atoms with van der Waals surface area (Å²) in [6.07, 6.45) is 5.51. The minimum Gasteiger partial charge on any atom is -0.314 e. The Morgan fingerprint density at radius 3 is 2.70 bits per heavy atom. The van der Waals surface area contributed by atoms with Gasteiger partial charge in [0, 0.05) is 17.6 Å². The number of para-hydroxylation sites is 1. The van der Waals surface area contributed by atoms with E-state index in [-0.39, 0.29) is 0 Å². The maximum Gasteiger partial charge on any atom is 0.0704 e. The summed E-state index contributed by atoms with van der Waals surface area (Å²) in [7, 11) is 0. The van der Waals surface area contributed by atoms with Crippen LogP contribution in [-0.4, -0.2) is 17.6 Å². The Morgan fingerprint density at radius 2 is 1.95 bits per heavy atom. The molecule has 0 fully saturated rings. The zero-order valence-corrected chi connectivity index (χ0v) is 12.9. The van der Waals surface area contributed by atoms with Crippen molar-refractivity contribution in [2.75, 3.05) is 6.54 Å². The first kappa shape index (κ1) is 15.0. The minimum atomic E-state index is 0.556. The zero-order valence-electron chi connectivity index (χ0n) is 12.9. The van der Waals surface area contributed by atoms with Crippen LogP contribution in [0.3, 0.4) is 0 Å². The summed E-state index contributed by atoms with van der Waals surface area (Å²) in [6.45, 7) is 7.84. The molecule has 0 aliphatic heterocycles. The van der Waals surface area contributed by atoms with E-state index < -0.39 is 0 Å². The molecule has 2 unspecified atom stereocenters. The van der Waals surface area contributed by atoms with E-state index in [1.807, 2.05) is 6.20 Å². The third kappa shape index (κ3) is 3.80. The topological polar surface area (TPSA) is 24.9 Å². The smallest absolute Gasteiger partial charge is 0.0704 e. The van der Waals surface area contributed by atoms with Crippen molar-refractivity contribution in [2.24, 2.45) is 5.92 Å². The number of benzene rings is 1. The van der Waals surface area contributed by atoms with Gasteiger partial charge in [-0.3, -0.25) is 4.98 Å². The van der Waals surface area contributed by atoms with Crippen LogP contribution in [0.25, 0.3) is 10.9 Å². The van der Waals surface area contributed by atoms with Crippen LogP contribution in [0, 0.1) is 5.92 Å². The van der Waals surface area contributed by atoms with Crippen molar-refractivity contribution in [3.63, 3.8) is 0 Å². The van der Waals surface area contributed by atoms with Crippen LogP contribution in [0.2, 0.25) is 0 Å². The fraction of sp³-hybridized carbons (Fsp3) is 0.500. The number of fused-ring (bicyclic) bond motifs is 1. The van der Waals surface area contributed by atoms with Gasteiger partial charge in [-0.25, -0.2) is 0 Å². The number of hydrogen-bond acceptors (Lipinski definition) is 2. The highest BCUT2D eigenvalue weighted by Gasteiger charge is 2.13. The number of likely N-dealkylation sites (N-methyl/N-ethyl adjacent to an activating group) is 1. The van der Waals surface area contributed by atoms with Crippen LogP contribution in [0.15, 0.2) is 36.5 Å². The molecule has 2 aromatic rings. The Balaban J connectivity index is 2.19. The summed E-state index contributed by atoms with van der Waals surface area (Å²) in [6, 6.07) is 11.2. The van der Waals surface area contributed by atoms with E-state index in [9.17, 15) is 0 Å². The molecular weight excluding hydrogens is 244 g/mol. The number of rotatable bonds is 7. The molecule has 0 aliphatic rings. The molecule has 2 heteroatoms. The van der Waals surface area contributed by atoms with E-state index in [2.05, 4.69) is 61.4 Å². The molecule has 1 aromatic carbocycles. The number of nitrogens with zero attached hydrogens (tertiary/aromatic N) is 1. The van der Waals surface area contributed by atoms with Gasteiger partial charge >= 0.3 is 0 Å². The highest BCUT2D eigenvalue weighted by atomic mass is 14.9. The SMILES string of the molecule is CCNC(Cc1ccnc2ccccc12)CC(C)CC. The van der Waals surface area contributed by atoms with E-state index in [1.54, 1.807) is 0 Å². The lowest BCUT2D eigenvalue weighted by Gasteiger charge is -2.22. The van der Waals surface area contributed by atoms with Crippen molar-refractivity contribution in [3.8, 4) is 0 Å². The molecule has 0 amide bonds. The lowest BCUT2D eigenvalue weighted by molar-refractivity contribution is 0.398. The van der Waals surface area contributed by atoms with Gasteiger partial charge in [-0.2, -0.15) is 0 Å². The first-order chi connectivity index (χ1) is 9.74. The second kappa shape index (κ2) is 7.39. The second-order valence-corrected chi connectivity index (χ2v) is 5.70. The fourth-order valence-electron chi connectivity index (χ4n) is 2.78. The maximum atomic E-state index is 4.45. The van der Waals surface area contributed by atoms with Gasteiger partial charge in [0.25, 0.3) is 0 Å². The molecule has 0 saturated heterocycles. The Morgan fingerprint density at radius 1 is 1.15 bits per heavy atom. The average molecular weight is 270 g/mol. The molecule has 2 atom stereocenters. The molecule has 108 valence electrons. The van der Waals surface area contributed by atoms with Gasteiger partial charge in [0.15, 0.2) is 0 Å². The van der Waals surface area contributed by atoms with Crippen LogP contribution < -0.4 is 5.32 Å². The summed E-state index contributed by atoms with van der Waals surface area (Å²) in [4.78, 5) is 4.45. The lowest BCUT2D eigenvalue weighted by atomic mass is 9.93. The Bertz CT molecular complexity index is 530. The van der Waals surface area contributed by atoms with Gasteiger partial charge in [0.1, 0.15) is 0 Å². The average Bonchev–Trinajstić information content (AvgIpc) is 2.47. The molecule has 1 aromatic heterocycles. The minimum absolute atomic E-state index is 0.556. The van der Waals surface area contributed by atoms with Gasteiger partial charge in [-0.15, -0.1) is 0 Å². The van der Waals surface area contributed by atoms with Gasteiger partial charge in [0.05, 0.1) is 5.52 Å². The molecular formula is C18H26N2. The van der Waals surface area contributed by atoms with E-state index in [1.165, 1.54) is 23.8 Å². The second-order valence-electron chi connectivity index (χ2n) is 5.70. The van der Waals surface area contributed by atoms with Crippen molar-refractivity contribution in [1.29, 1.82) is 0 Å². The highest BCUT2D eigenvalue weighted by molar-refractivity contribution is 5.81. The Hall–Kier alpha value is -1.41. The fourth-order valence-corrected chi connectivity index (χ4v) is 2.78. The van der Waals surface area contributed by atoms with E-state index in [4.69, 9.17) is 0 Å². The molecule has 2 rings (SSSR count). The van der Waals surface area contributed by atoms with Crippen molar-refractivity contribution in [1.82, 2.24) is 10.3 Å².